The molecule has 0 atom stereocenters. The first-order chi connectivity index (χ1) is 8.02. The fraction of sp³-hybridized carbons (Fsp3) is 0.364. The van der Waals surface area contributed by atoms with Gasteiger partial charge in [-0.2, -0.15) is 0 Å². The highest BCUT2D eigenvalue weighted by atomic mass is 16.7. The van der Waals surface area contributed by atoms with Gasteiger partial charge in [0.2, 0.25) is 5.79 Å². The number of hydrogen-bond donors (Lipinski definition) is 0. The average molecular weight is 236 g/mol. The molecule has 0 radical (unpaired) electrons. The average Bonchev–Trinajstić information content (AvgIpc) is 2.69. The molecular weight excluding hydrogens is 224 g/mol. The molecule has 0 bridgehead atoms. The van der Waals surface area contributed by atoms with Crippen molar-refractivity contribution in [1.29, 1.82) is 0 Å². The molecule has 0 spiro atoms. The molecule has 17 heavy (non-hydrogen) atoms. The summed E-state index contributed by atoms with van der Waals surface area (Å²) < 4.78 is 15.3. The van der Waals surface area contributed by atoms with Crippen LogP contribution in [0.5, 0.6) is 0 Å². The molecule has 0 aromatic carbocycles. The lowest BCUT2D eigenvalue weighted by Crippen LogP contribution is -2.20. The van der Waals surface area contributed by atoms with Crippen LogP contribution in [-0.4, -0.2) is 28.8 Å². The van der Waals surface area contributed by atoms with E-state index >= 15 is 0 Å². The van der Waals surface area contributed by atoms with E-state index in [9.17, 15) is 4.79 Å². The molecule has 0 saturated carbocycles. The van der Waals surface area contributed by atoms with Gasteiger partial charge in [-0.1, -0.05) is 0 Å². The summed E-state index contributed by atoms with van der Waals surface area (Å²) in [6.45, 7) is 3.57. The zero-order chi connectivity index (χ0) is 12.5. The van der Waals surface area contributed by atoms with E-state index in [-0.39, 0.29) is 5.69 Å². The Kier molecular flexibility index (Phi) is 2.71. The fourth-order valence-corrected chi connectivity index (χ4v) is 1.29. The number of carbonyl (C=O) groups excluding carboxylic acids is 1. The standard InChI is InChI=1S/C11H12N2O4/c1-11(2)16-6-9(17-11)7-4-13-8(5-12-7)10(14)15-3/h4-6H,1-3H3. The third-order valence-corrected chi connectivity index (χ3v) is 2.10. The fourth-order valence-electron chi connectivity index (χ4n) is 1.29. The summed E-state index contributed by atoms with van der Waals surface area (Å²) >= 11 is 0. The summed E-state index contributed by atoms with van der Waals surface area (Å²) in [7, 11) is 1.29. The van der Waals surface area contributed by atoms with Crippen LogP contribution in [0.4, 0.5) is 0 Å². The van der Waals surface area contributed by atoms with E-state index in [0.29, 0.717) is 11.5 Å². The van der Waals surface area contributed by atoms with Crippen molar-refractivity contribution in [1.82, 2.24) is 9.97 Å². The van der Waals surface area contributed by atoms with Crippen LogP contribution in [0.1, 0.15) is 30.0 Å². The van der Waals surface area contributed by atoms with Gasteiger partial charge in [-0.3, -0.25) is 0 Å². The predicted molar refractivity (Wildman–Crippen MR) is 57.6 cm³/mol. The summed E-state index contributed by atoms with van der Waals surface area (Å²) in [5, 5.41) is 0. The number of nitrogens with zero attached hydrogens (tertiary/aromatic N) is 2. The number of ether oxygens (including phenoxy) is 3. The second kappa shape index (κ2) is 4.04. The van der Waals surface area contributed by atoms with Crippen LogP contribution in [-0.2, 0) is 14.2 Å². The molecule has 0 N–H and O–H groups in total. The zero-order valence-corrected chi connectivity index (χ0v) is 9.76. The van der Waals surface area contributed by atoms with E-state index in [1.807, 2.05) is 0 Å². The van der Waals surface area contributed by atoms with Crippen LogP contribution in [0.2, 0.25) is 0 Å². The van der Waals surface area contributed by atoms with Crippen molar-refractivity contribution in [2.45, 2.75) is 19.6 Å². The number of esters is 1. The first-order valence-electron chi connectivity index (χ1n) is 4.99. The molecule has 6 nitrogen and oxygen atoms in total. The molecule has 0 fully saturated rings. The van der Waals surface area contributed by atoms with Gasteiger partial charge < -0.3 is 14.2 Å². The van der Waals surface area contributed by atoms with Gasteiger partial charge in [-0.25, -0.2) is 14.8 Å². The van der Waals surface area contributed by atoms with Crippen LogP contribution in [0.25, 0.3) is 5.76 Å². The maximum atomic E-state index is 11.2. The largest absolute Gasteiger partial charge is 0.464 e. The van der Waals surface area contributed by atoms with E-state index in [1.54, 1.807) is 13.8 Å². The van der Waals surface area contributed by atoms with Crippen molar-refractivity contribution in [2.24, 2.45) is 0 Å². The molecule has 0 amide bonds. The minimum Gasteiger partial charge on any atom is -0.464 e. The Labute approximate surface area is 98.2 Å². The molecule has 2 heterocycles. The van der Waals surface area contributed by atoms with Crippen LogP contribution in [0.15, 0.2) is 18.7 Å². The number of carbonyl (C=O) groups is 1. The van der Waals surface area contributed by atoms with Gasteiger partial charge >= 0.3 is 5.97 Å². The predicted octanol–water partition coefficient (Wildman–Crippen LogP) is 1.34. The van der Waals surface area contributed by atoms with Gasteiger partial charge in [-0.15, -0.1) is 0 Å². The van der Waals surface area contributed by atoms with E-state index in [4.69, 9.17) is 9.47 Å². The molecular formula is C11H12N2O4. The molecule has 0 saturated heterocycles. The normalized spacial score (nSPS) is 16.8. The molecule has 1 aromatic rings. The number of hydrogen-bond acceptors (Lipinski definition) is 6. The number of aromatic nitrogens is 2. The Morgan fingerprint density at radius 1 is 1.35 bits per heavy atom. The van der Waals surface area contributed by atoms with Crippen LogP contribution < -0.4 is 0 Å². The summed E-state index contributed by atoms with van der Waals surface area (Å²) in [6, 6.07) is 0. The monoisotopic (exact) mass is 236 g/mol. The highest BCUT2D eigenvalue weighted by Crippen LogP contribution is 2.29. The Morgan fingerprint density at radius 3 is 2.59 bits per heavy atom. The van der Waals surface area contributed by atoms with Crippen molar-refractivity contribution >= 4 is 11.7 Å². The third-order valence-electron chi connectivity index (χ3n) is 2.10. The Morgan fingerprint density at radius 2 is 2.12 bits per heavy atom. The van der Waals surface area contributed by atoms with E-state index < -0.39 is 11.8 Å². The highest BCUT2D eigenvalue weighted by molar-refractivity contribution is 5.86. The lowest BCUT2D eigenvalue weighted by Gasteiger charge is -2.17. The molecule has 90 valence electrons. The molecule has 1 aromatic heterocycles. The minimum absolute atomic E-state index is 0.148. The van der Waals surface area contributed by atoms with Crippen LogP contribution in [0.3, 0.4) is 0 Å². The number of methoxy groups -OCH3 is 1. The summed E-state index contributed by atoms with van der Waals surface area (Å²) in [6.07, 6.45) is 4.24. The van der Waals surface area contributed by atoms with Crippen molar-refractivity contribution in [3.8, 4) is 0 Å². The minimum atomic E-state index is -0.696. The zero-order valence-electron chi connectivity index (χ0n) is 9.76. The van der Waals surface area contributed by atoms with E-state index in [0.717, 1.165) is 0 Å². The van der Waals surface area contributed by atoms with Gasteiger partial charge in [0.05, 0.1) is 19.5 Å². The smallest absolute Gasteiger partial charge is 0.358 e. The van der Waals surface area contributed by atoms with Gasteiger partial charge in [0.25, 0.3) is 0 Å². The molecule has 2 rings (SSSR count). The van der Waals surface area contributed by atoms with Gasteiger partial charge in [0.1, 0.15) is 12.0 Å². The lowest BCUT2D eigenvalue weighted by atomic mass is 10.3. The van der Waals surface area contributed by atoms with E-state index in [1.165, 1.54) is 25.8 Å². The summed E-state index contributed by atoms with van der Waals surface area (Å²) in [5.41, 5.74) is 0.651. The maximum Gasteiger partial charge on any atom is 0.358 e. The summed E-state index contributed by atoms with van der Waals surface area (Å²) in [5.74, 6) is -0.737. The first-order valence-corrected chi connectivity index (χ1v) is 4.99. The Bertz CT molecular complexity index is 465. The van der Waals surface area contributed by atoms with Gasteiger partial charge in [-0.05, 0) is 0 Å². The highest BCUT2D eigenvalue weighted by Gasteiger charge is 2.29. The topological polar surface area (TPSA) is 70.5 Å². The first kappa shape index (κ1) is 11.4. The Hall–Kier alpha value is -2.11. The SMILES string of the molecule is COC(=O)c1cnc(C2=COC(C)(C)O2)cn1. The van der Waals surface area contributed by atoms with Crippen molar-refractivity contribution < 1.29 is 19.0 Å². The van der Waals surface area contributed by atoms with Crippen molar-refractivity contribution in [3.05, 3.63) is 30.0 Å². The van der Waals surface area contributed by atoms with Gasteiger partial charge in [0.15, 0.2) is 11.5 Å². The second-order valence-electron chi connectivity index (χ2n) is 3.88. The van der Waals surface area contributed by atoms with Crippen molar-refractivity contribution in [2.75, 3.05) is 7.11 Å². The number of rotatable bonds is 2. The second-order valence-corrected chi connectivity index (χ2v) is 3.88. The summed E-state index contributed by atoms with van der Waals surface area (Å²) in [4.78, 5) is 19.1. The van der Waals surface area contributed by atoms with Crippen LogP contribution >= 0.6 is 0 Å². The van der Waals surface area contributed by atoms with Crippen molar-refractivity contribution in [3.63, 3.8) is 0 Å². The molecule has 0 aliphatic carbocycles. The molecule has 1 aliphatic heterocycles. The maximum absolute atomic E-state index is 11.2. The van der Waals surface area contributed by atoms with E-state index in [2.05, 4.69) is 14.7 Å². The quantitative estimate of drug-likeness (QED) is 0.722. The Balaban J connectivity index is 2.17. The third kappa shape index (κ3) is 2.35. The van der Waals surface area contributed by atoms with Crippen LogP contribution in [0, 0.1) is 0 Å². The van der Waals surface area contributed by atoms with Gasteiger partial charge in [0, 0.05) is 13.8 Å². The molecule has 1 aliphatic rings. The lowest BCUT2D eigenvalue weighted by molar-refractivity contribution is -0.102. The molecule has 6 heteroatoms. The molecule has 0 unspecified atom stereocenters.